The normalized spacial score (nSPS) is 15.8. The third-order valence-corrected chi connectivity index (χ3v) is 4.31. The Balaban J connectivity index is 1.98. The number of hydrogen-bond acceptors (Lipinski definition) is 2. The van der Waals surface area contributed by atoms with E-state index in [0.717, 1.165) is 0 Å². The van der Waals surface area contributed by atoms with E-state index in [2.05, 4.69) is 35.8 Å². The first-order valence-electron chi connectivity index (χ1n) is 7.51. The Morgan fingerprint density at radius 1 is 1.30 bits per heavy atom. The number of rotatable bonds is 5. The van der Waals surface area contributed by atoms with Gasteiger partial charge in [-0.05, 0) is 56.7 Å². The summed E-state index contributed by atoms with van der Waals surface area (Å²) in [6.45, 7) is 6.77. The predicted octanol–water partition coefficient (Wildman–Crippen LogP) is 2.60. The minimum absolute atomic E-state index is 0.0751. The average Bonchev–Trinajstić information content (AvgIpc) is 2.91. The molecule has 1 aliphatic carbocycles. The van der Waals surface area contributed by atoms with Crippen LogP contribution in [0.3, 0.4) is 0 Å². The van der Waals surface area contributed by atoms with Gasteiger partial charge >= 0.3 is 0 Å². The second-order valence-electron chi connectivity index (χ2n) is 6.45. The Hall–Kier alpha value is -1.35. The molecule has 110 valence electrons. The highest BCUT2D eigenvalue weighted by Crippen LogP contribution is 2.26. The highest BCUT2D eigenvalue weighted by atomic mass is 16.2. The zero-order valence-corrected chi connectivity index (χ0v) is 13.0. The Kier molecular flexibility index (Phi) is 4.48. The van der Waals surface area contributed by atoms with Crippen LogP contribution in [0.2, 0.25) is 0 Å². The van der Waals surface area contributed by atoms with E-state index in [0.29, 0.717) is 6.54 Å². The van der Waals surface area contributed by atoms with Crippen molar-refractivity contribution in [3.63, 3.8) is 0 Å². The van der Waals surface area contributed by atoms with Crippen molar-refractivity contribution in [3.05, 3.63) is 34.9 Å². The molecule has 1 aromatic carbocycles. The summed E-state index contributed by atoms with van der Waals surface area (Å²) < 4.78 is 0. The van der Waals surface area contributed by atoms with Gasteiger partial charge in [-0.15, -0.1) is 0 Å². The monoisotopic (exact) mass is 274 g/mol. The highest BCUT2D eigenvalue weighted by Gasteiger charge is 2.27. The molecule has 1 unspecified atom stereocenters. The van der Waals surface area contributed by atoms with Crippen molar-refractivity contribution in [1.82, 2.24) is 10.6 Å². The van der Waals surface area contributed by atoms with Crippen LogP contribution in [0.5, 0.6) is 0 Å². The molecule has 0 saturated carbocycles. The molecule has 0 aromatic heterocycles. The van der Waals surface area contributed by atoms with Crippen LogP contribution in [0, 0.1) is 5.41 Å². The zero-order valence-electron chi connectivity index (χ0n) is 13.0. The molecule has 0 bridgehead atoms. The van der Waals surface area contributed by atoms with Crippen LogP contribution in [0.25, 0.3) is 0 Å². The van der Waals surface area contributed by atoms with Crippen LogP contribution in [0.1, 0.15) is 49.9 Å². The van der Waals surface area contributed by atoms with Crippen LogP contribution < -0.4 is 10.6 Å². The molecule has 0 saturated heterocycles. The van der Waals surface area contributed by atoms with Gasteiger partial charge in [0.1, 0.15) is 0 Å². The molecule has 0 heterocycles. The van der Waals surface area contributed by atoms with Crippen molar-refractivity contribution in [2.45, 2.75) is 46.1 Å². The smallest absolute Gasteiger partial charge is 0.226 e. The molecule has 20 heavy (non-hydrogen) atoms. The van der Waals surface area contributed by atoms with Crippen molar-refractivity contribution < 1.29 is 4.79 Å². The third kappa shape index (κ3) is 3.21. The standard InChI is InChI=1S/C17H26N2O/c1-12(19-11-17(2,3)16(20)18-4)14-9-8-13-6-5-7-15(13)10-14/h8-10,12,19H,5-7,11H2,1-4H3,(H,18,20). The molecule has 1 aromatic rings. The van der Waals surface area contributed by atoms with Crippen LogP contribution >= 0.6 is 0 Å². The van der Waals surface area contributed by atoms with Gasteiger partial charge in [0.25, 0.3) is 0 Å². The fourth-order valence-corrected chi connectivity index (χ4v) is 2.81. The maximum Gasteiger partial charge on any atom is 0.226 e. The first-order valence-corrected chi connectivity index (χ1v) is 7.51. The van der Waals surface area contributed by atoms with Gasteiger partial charge in [0, 0.05) is 19.6 Å². The van der Waals surface area contributed by atoms with Crippen molar-refractivity contribution in [2.75, 3.05) is 13.6 Å². The summed E-state index contributed by atoms with van der Waals surface area (Å²) in [6.07, 6.45) is 3.71. The lowest BCUT2D eigenvalue weighted by Gasteiger charge is -2.25. The van der Waals surface area contributed by atoms with Gasteiger partial charge in [0.2, 0.25) is 5.91 Å². The van der Waals surface area contributed by atoms with E-state index >= 15 is 0 Å². The van der Waals surface area contributed by atoms with Gasteiger partial charge in [-0.25, -0.2) is 0 Å². The van der Waals surface area contributed by atoms with Gasteiger partial charge < -0.3 is 10.6 Å². The van der Waals surface area contributed by atoms with E-state index in [1.807, 2.05) is 13.8 Å². The minimum Gasteiger partial charge on any atom is -0.359 e. The number of carbonyl (C=O) groups excluding carboxylic acids is 1. The molecule has 2 rings (SSSR count). The third-order valence-electron chi connectivity index (χ3n) is 4.31. The van der Waals surface area contributed by atoms with Crippen LogP contribution in [0.15, 0.2) is 18.2 Å². The molecule has 2 N–H and O–H groups in total. The molecule has 1 atom stereocenters. The Morgan fingerprint density at radius 3 is 2.70 bits per heavy atom. The van der Waals surface area contributed by atoms with Gasteiger partial charge in [0.05, 0.1) is 5.41 Å². The lowest BCUT2D eigenvalue weighted by atomic mass is 9.91. The summed E-state index contributed by atoms with van der Waals surface area (Å²) >= 11 is 0. The Labute approximate surface area is 122 Å². The largest absolute Gasteiger partial charge is 0.359 e. The number of amides is 1. The molecular formula is C17H26N2O. The van der Waals surface area contributed by atoms with Crippen LogP contribution in [0.4, 0.5) is 0 Å². The number of benzene rings is 1. The fraction of sp³-hybridized carbons (Fsp3) is 0.588. The van der Waals surface area contributed by atoms with Crippen molar-refractivity contribution >= 4 is 5.91 Å². The molecular weight excluding hydrogens is 248 g/mol. The van der Waals surface area contributed by atoms with Crippen LogP contribution in [-0.4, -0.2) is 19.5 Å². The van der Waals surface area contributed by atoms with Gasteiger partial charge in [0.15, 0.2) is 0 Å². The Morgan fingerprint density at radius 2 is 2.00 bits per heavy atom. The summed E-state index contributed by atoms with van der Waals surface area (Å²) in [5, 5.41) is 6.21. The van der Waals surface area contributed by atoms with Crippen LogP contribution in [-0.2, 0) is 17.6 Å². The van der Waals surface area contributed by atoms with Gasteiger partial charge in [-0.3, -0.25) is 4.79 Å². The summed E-state index contributed by atoms with van der Waals surface area (Å²) in [6, 6.07) is 7.08. The predicted molar refractivity (Wildman–Crippen MR) is 82.7 cm³/mol. The minimum atomic E-state index is -0.389. The van der Waals surface area contributed by atoms with E-state index in [1.165, 1.54) is 36.0 Å². The average molecular weight is 274 g/mol. The highest BCUT2D eigenvalue weighted by molar-refractivity contribution is 5.81. The summed E-state index contributed by atoms with van der Waals surface area (Å²) in [7, 11) is 1.69. The van der Waals surface area contributed by atoms with Crippen molar-refractivity contribution in [3.8, 4) is 0 Å². The first kappa shape index (κ1) is 15.0. The summed E-state index contributed by atoms with van der Waals surface area (Å²) in [5.41, 5.74) is 3.94. The van der Waals surface area contributed by atoms with E-state index in [4.69, 9.17) is 0 Å². The van der Waals surface area contributed by atoms with E-state index in [1.54, 1.807) is 7.05 Å². The molecule has 1 amide bonds. The molecule has 0 radical (unpaired) electrons. The fourth-order valence-electron chi connectivity index (χ4n) is 2.81. The van der Waals surface area contributed by atoms with Crippen molar-refractivity contribution in [2.24, 2.45) is 5.41 Å². The number of nitrogens with one attached hydrogen (secondary N) is 2. The van der Waals surface area contributed by atoms with E-state index in [-0.39, 0.29) is 17.4 Å². The number of carbonyl (C=O) groups is 1. The number of fused-ring (bicyclic) bond motifs is 1. The van der Waals surface area contributed by atoms with E-state index in [9.17, 15) is 4.79 Å². The topological polar surface area (TPSA) is 41.1 Å². The maximum atomic E-state index is 11.8. The molecule has 1 aliphatic rings. The van der Waals surface area contributed by atoms with Gasteiger partial charge in [-0.1, -0.05) is 18.2 Å². The SMILES string of the molecule is CNC(=O)C(C)(C)CNC(C)c1ccc2c(c1)CCC2. The molecule has 0 spiro atoms. The quantitative estimate of drug-likeness (QED) is 0.866. The second-order valence-corrected chi connectivity index (χ2v) is 6.45. The second kappa shape index (κ2) is 5.96. The zero-order chi connectivity index (χ0) is 14.8. The lowest BCUT2D eigenvalue weighted by molar-refractivity contribution is -0.128. The number of hydrogen-bond donors (Lipinski definition) is 2. The van der Waals surface area contributed by atoms with E-state index < -0.39 is 0 Å². The first-order chi connectivity index (χ1) is 9.44. The lowest BCUT2D eigenvalue weighted by Crippen LogP contribution is -2.42. The number of aryl methyl sites for hydroxylation is 2. The summed E-state index contributed by atoms with van der Waals surface area (Å²) in [4.78, 5) is 11.8. The molecule has 0 fully saturated rings. The van der Waals surface area contributed by atoms with Gasteiger partial charge in [-0.2, -0.15) is 0 Å². The molecule has 0 aliphatic heterocycles. The maximum absolute atomic E-state index is 11.8. The molecule has 3 nitrogen and oxygen atoms in total. The van der Waals surface area contributed by atoms with Crippen molar-refractivity contribution in [1.29, 1.82) is 0 Å². The Bertz CT molecular complexity index is 494. The molecule has 3 heteroatoms. The summed E-state index contributed by atoms with van der Waals surface area (Å²) in [5.74, 6) is 0.0751.